The number of carbonyl (C=O) groups is 6. The van der Waals surface area contributed by atoms with Crippen molar-refractivity contribution >= 4 is 35.7 Å². The Kier molecular flexibility index (Phi) is 13.9. The molecule has 14 nitrogen and oxygen atoms in total. The molecule has 6 N–H and O–H groups in total. The first-order valence-electron chi connectivity index (χ1n) is 20.1. The molecule has 57 heavy (non-hydrogen) atoms. The number of esters is 1. The topological polar surface area (TPSA) is 201 Å². The third-order valence-electron chi connectivity index (χ3n) is 11.3. The Morgan fingerprint density at radius 1 is 0.789 bits per heavy atom. The second-order valence-electron chi connectivity index (χ2n) is 17.3. The fourth-order valence-corrected chi connectivity index (χ4v) is 9.28. The van der Waals surface area contributed by atoms with Crippen molar-refractivity contribution in [3.05, 3.63) is 65.7 Å². The van der Waals surface area contributed by atoms with Crippen LogP contribution in [0, 0.1) is 17.3 Å². The van der Waals surface area contributed by atoms with E-state index in [1.54, 1.807) is 32.9 Å². The normalized spacial score (nSPS) is 23.6. The standard InChI is InChI=1S/C43H59N5O9/c1-6-7-13-32(46-37(52)33(47-40(55)57-41(2,3)4)20-28-14-16-31(49)17-15-28)36(51)44-25-35(50)45-34(19-27-11-9-8-10-12-27)38(53)48-43-23-29-18-30(24-43)22-42(21-29,26-43)39(54)56-5/h8-12,14-17,29-30,32-34,49H,6-7,13,18-26H2,1-5H3,(H,44,51)(H,45,50)(H,46,52)(H,47,55)(H,48,53)/t29?,30?,32-,33+,34+,42?,43?/m1/s1. The Morgan fingerprint density at radius 3 is 2.00 bits per heavy atom. The van der Waals surface area contributed by atoms with Gasteiger partial charge in [0.1, 0.15) is 29.5 Å². The minimum Gasteiger partial charge on any atom is -0.508 e. The number of alkyl carbamates (subject to hydrolysis) is 1. The number of nitrogens with one attached hydrogen (secondary N) is 5. The van der Waals surface area contributed by atoms with E-state index in [1.165, 1.54) is 19.2 Å². The van der Waals surface area contributed by atoms with Crippen LogP contribution in [0.2, 0.25) is 0 Å². The van der Waals surface area contributed by atoms with E-state index in [1.807, 2.05) is 37.3 Å². The van der Waals surface area contributed by atoms with Crippen LogP contribution in [-0.4, -0.2) is 83.7 Å². The molecule has 4 aliphatic carbocycles. The zero-order chi connectivity index (χ0) is 41.4. The molecule has 310 valence electrons. The van der Waals surface area contributed by atoms with Gasteiger partial charge in [0.05, 0.1) is 19.1 Å². The maximum atomic E-state index is 14.1. The molecule has 0 heterocycles. The highest BCUT2D eigenvalue weighted by atomic mass is 16.6. The summed E-state index contributed by atoms with van der Waals surface area (Å²) in [6.07, 6.45) is 5.62. The van der Waals surface area contributed by atoms with Gasteiger partial charge >= 0.3 is 12.1 Å². The van der Waals surface area contributed by atoms with Crippen molar-refractivity contribution in [3.8, 4) is 5.75 Å². The molecular weight excluding hydrogens is 730 g/mol. The predicted molar refractivity (Wildman–Crippen MR) is 212 cm³/mol. The highest BCUT2D eigenvalue weighted by molar-refractivity contribution is 5.94. The number of carbonyl (C=O) groups excluding carboxylic acids is 6. The average Bonchev–Trinajstić information content (AvgIpc) is 3.14. The number of hydrogen-bond donors (Lipinski definition) is 6. The van der Waals surface area contributed by atoms with E-state index >= 15 is 0 Å². The van der Waals surface area contributed by atoms with Gasteiger partial charge in [0.25, 0.3) is 0 Å². The van der Waals surface area contributed by atoms with Gasteiger partial charge < -0.3 is 41.2 Å². The highest BCUT2D eigenvalue weighted by Crippen LogP contribution is 2.62. The summed E-state index contributed by atoms with van der Waals surface area (Å²) in [5.41, 5.74) is -0.531. The zero-order valence-corrected chi connectivity index (χ0v) is 33.8. The van der Waals surface area contributed by atoms with Gasteiger partial charge in [0.2, 0.25) is 23.6 Å². The van der Waals surface area contributed by atoms with Crippen LogP contribution in [0.5, 0.6) is 5.75 Å². The summed E-state index contributed by atoms with van der Waals surface area (Å²) in [5.74, 6) is -1.74. The minimum atomic E-state index is -1.13. The number of ether oxygens (including phenoxy) is 2. The van der Waals surface area contributed by atoms with Gasteiger partial charge in [-0.15, -0.1) is 0 Å². The summed E-state index contributed by atoms with van der Waals surface area (Å²) in [5, 5.41) is 23.9. The molecule has 2 aromatic carbocycles. The largest absolute Gasteiger partial charge is 0.508 e. The molecule has 6 rings (SSSR count). The summed E-state index contributed by atoms with van der Waals surface area (Å²) >= 11 is 0. The van der Waals surface area contributed by atoms with Crippen molar-refractivity contribution in [2.24, 2.45) is 17.3 Å². The summed E-state index contributed by atoms with van der Waals surface area (Å²) in [6, 6.07) is 12.4. The lowest BCUT2D eigenvalue weighted by Crippen LogP contribution is -2.67. The fraction of sp³-hybridized carbons (Fsp3) is 0.581. The van der Waals surface area contributed by atoms with Crippen molar-refractivity contribution in [2.45, 2.75) is 128 Å². The highest BCUT2D eigenvalue weighted by Gasteiger charge is 2.61. The number of rotatable bonds is 17. The van der Waals surface area contributed by atoms with Crippen LogP contribution in [0.1, 0.15) is 96.6 Å². The second-order valence-corrected chi connectivity index (χ2v) is 17.3. The van der Waals surface area contributed by atoms with Crippen LogP contribution < -0.4 is 26.6 Å². The van der Waals surface area contributed by atoms with Gasteiger partial charge in [-0.3, -0.25) is 24.0 Å². The second kappa shape index (κ2) is 18.4. The molecule has 4 aliphatic rings. The van der Waals surface area contributed by atoms with Gasteiger partial charge in [-0.25, -0.2) is 4.79 Å². The Labute approximate surface area is 335 Å². The lowest BCUT2D eigenvalue weighted by Gasteiger charge is -2.60. The lowest BCUT2D eigenvalue weighted by atomic mass is 9.47. The lowest BCUT2D eigenvalue weighted by molar-refractivity contribution is -0.173. The number of unbranched alkanes of at least 4 members (excludes halogenated alkanes) is 1. The third kappa shape index (κ3) is 11.7. The van der Waals surface area contributed by atoms with E-state index in [4.69, 9.17) is 9.47 Å². The van der Waals surface area contributed by atoms with Crippen LogP contribution in [0.25, 0.3) is 0 Å². The molecule has 4 fully saturated rings. The van der Waals surface area contributed by atoms with E-state index in [2.05, 4.69) is 26.6 Å². The number of benzene rings is 2. The predicted octanol–water partition coefficient (Wildman–Crippen LogP) is 3.97. The average molecular weight is 790 g/mol. The van der Waals surface area contributed by atoms with Crippen LogP contribution in [0.4, 0.5) is 4.79 Å². The molecule has 4 bridgehead atoms. The molecule has 0 spiro atoms. The van der Waals surface area contributed by atoms with E-state index in [-0.39, 0.29) is 36.9 Å². The molecule has 0 saturated heterocycles. The monoisotopic (exact) mass is 789 g/mol. The summed E-state index contributed by atoms with van der Waals surface area (Å²) in [4.78, 5) is 80.7. The Balaban J connectivity index is 1.25. The molecule has 5 atom stereocenters. The van der Waals surface area contributed by atoms with Gasteiger partial charge in [0.15, 0.2) is 0 Å². The summed E-state index contributed by atoms with van der Waals surface area (Å²) < 4.78 is 10.6. The molecule has 4 saturated carbocycles. The minimum absolute atomic E-state index is 0.0448. The Morgan fingerprint density at radius 2 is 1.40 bits per heavy atom. The van der Waals surface area contributed by atoms with Gasteiger partial charge in [-0.05, 0) is 101 Å². The molecule has 2 unspecified atom stereocenters. The molecule has 5 amide bonds. The SMILES string of the molecule is CCCC[C@@H](NC(=O)[C@H](Cc1ccc(O)cc1)NC(=O)OC(C)(C)C)C(=O)NCC(=O)N[C@@H](Cc1ccccc1)C(=O)NC12CC3CC(C1)CC(C(=O)OC)(C3)C2. The van der Waals surface area contributed by atoms with Gasteiger partial charge in [-0.2, -0.15) is 0 Å². The first kappa shape index (κ1) is 43.0. The van der Waals surface area contributed by atoms with Crippen LogP contribution in [0.3, 0.4) is 0 Å². The maximum absolute atomic E-state index is 14.1. The fourth-order valence-electron chi connectivity index (χ4n) is 9.28. The zero-order valence-electron chi connectivity index (χ0n) is 33.8. The molecule has 0 radical (unpaired) electrons. The van der Waals surface area contributed by atoms with Crippen molar-refractivity contribution < 1.29 is 43.3 Å². The van der Waals surface area contributed by atoms with E-state index in [9.17, 15) is 33.9 Å². The first-order valence-corrected chi connectivity index (χ1v) is 20.1. The third-order valence-corrected chi connectivity index (χ3v) is 11.3. The van der Waals surface area contributed by atoms with Crippen LogP contribution in [-0.2, 0) is 46.3 Å². The molecular formula is C43H59N5O9. The van der Waals surface area contributed by atoms with Crippen LogP contribution >= 0.6 is 0 Å². The number of aromatic hydroxyl groups is 1. The van der Waals surface area contributed by atoms with Crippen molar-refractivity contribution in [2.75, 3.05) is 13.7 Å². The van der Waals surface area contributed by atoms with Crippen molar-refractivity contribution in [1.82, 2.24) is 26.6 Å². The summed E-state index contributed by atoms with van der Waals surface area (Å²) in [6.45, 7) is 6.58. The van der Waals surface area contributed by atoms with E-state index in [0.29, 0.717) is 30.2 Å². The van der Waals surface area contributed by atoms with Crippen LogP contribution in [0.15, 0.2) is 54.6 Å². The number of amides is 5. The van der Waals surface area contributed by atoms with E-state index < -0.39 is 65.0 Å². The van der Waals surface area contributed by atoms with Gasteiger partial charge in [0, 0.05) is 18.4 Å². The number of methoxy groups -OCH3 is 1. The smallest absolute Gasteiger partial charge is 0.408 e. The molecule has 14 heteroatoms. The quantitative estimate of drug-likeness (QED) is 0.128. The summed E-state index contributed by atoms with van der Waals surface area (Å²) in [7, 11) is 1.41. The van der Waals surface area contributed by atoms with Gasteiger partial charge in [-0.1, -0.05) is 62.2 Å². The Hall–Kier alpha value is -5.14. The first-order chi connectivity index (χ1) is 27.0. The number of phenols is 1. The Bertz CT molecular complexity index is 1750. The number of phenolic OH excluding ortho intramolecular Hbond substituents is 1. The molecule has 0 aliphatic heterocycles. The van der Waals surface area contributed by atoms with Crippen molar-refractivity contribution in [1.29, 1.82) is 0 Å². The number of hydrogen-bond acceptors (Lipinski definition) is 9. The maximum Gasteiger partial charge on any atom is 0.408 e. The molecule has 0 aromatic heterocycles. The van der Waals surface area contributed by atoms with E-state index in [0.717, 1.165) is 44.1 Å². The van der Waals surface area contributed by atoms with Crippen molar-refractivity contribution in [3.63, 3.8) is 0 Å². The molecule has 2 aromatic rings.